The summed E-state index contributed by atoms with van der Waals surface area (Å²) in [5.41, 5.74) is 5.37. The SMILES string of the molecule is CC(O)(C1CC1)C1(CN)CCC1. The number of hydrogen-bond donors (Lipinski definition) is 2. The predicted molar refractivity (Wildman–Crippen MR) is 48.7 cm³/mol. The number of rotatable bonds is 3. The second-order valence-electron chi connectivity index (χ2n) is 4.76. The third-order valence-corrected chi connectivity index (χ3v) is 4.15. The third kappa shape index (κ3) is 0.944. The molecule has 2 fully saturated rings. The Labute approximate surface area is 74.1 Å². The Kier molecular flexibility index (Phi) is 1.74. The largest absolute Gasteiger partial charge is 0.389 e. The highest BCUT2D eigenvalue weighted by Crippen LogP contribution is 2.56. The molecule has 0 aromatic rings. The number of aliphatic hydroxyl groups is 1. The molecule has 2 aliphatic rings. The molecule has 0 aromatic heterocycles. The fraction of sp³-hybridized carbons (Fsp3) is 1.00. The van der Waals surface area contributed by atoms with Crippen molar-refractivity contribution in [3.05, 3.63) is 0 Å². The van der Waals surface area contributed by atoms with Gasteiger partial charge in [-0.15, -0.1) is 0 Å². The van der Waals surface area contributed by atoms with Gasteiger partial charge in [0.2, 0.25) is 0 Å². The summed E-state index contributed by atoms with van der Waals surface area (Å²) in [5, 5.41) is 10.3. The highest BCUT2D eigenvalue weighted by Gasteiger charge is 2.56. The van der Waals surface area contributed by atoms with Crippen LogP contribution in [0.15, 0.2) is 0 Å². The van der Waals surface area contributed by atoms with Gasteiger partial charge in [0.15, 0.2) is 0 Å². The standard InChI is InChI=1S/C10H19NO/c1-9(12,8-3-4-8)10(7-11)5-2-6-10/h8,12H,2-7,11H2,1H3. The molecule has 2 nitrogen and oxygen atoms in total. The van der Waals surface area contributed by atoms with Crippen molar-refractivity contribution in [3.63, 3.8) is 0 Å². The van der Waals surface area contributed by atoms with Gasteiger partial charge in [-0.2, -0.15) is 0 Å². The molecule has 70 valence electrons. The molecule has 2 saturated carbocycles. The molecule has 0 spiro atoms. The highest BCUT2D eigenvalue weighted by molar-refractivity contribution is 5.08. The van der Waals surface area contributed by atoms with Crippen molar-refractivity contribution in [1.29, 1.82) is 0 Å². The van der Waals surface area contributed by atoms with Crippen molar-refractivity contribution in [3.8, 4) is 0 Å². The smallest absolute Gasteiger partial charge is 0.0715 e. The van der Waals surface area contributed by atoms with Crippen LogP contribution in [0.4, 0.5) is 0 Å². The van der Waals surface area contributed by atoms with Crippen LogP contribution in [0.5, 0.6) is 0 Å². The van der Waals surface area contributed by atoms with Crippen LogP contribution in [0.3, 0.4) is 0 Å². The van der Waals surface area contributed by atoms with Crippen molar-refractivity contribution >= 4 is 0 Å². The van der Waals surface area contributed by atoms with Crippen LogP contribution in [0.1, 0.15) is 39.0 Å². The van der Waals surface area contributed by atoms with Gasteiger partial charge >= 0.3 is 0 Å². The van der Waals surface area contributed by atoms with Gasteiger partial charge in [0.1, 0.15) is 0 Å². The first-order valence-electron chi connectivity index (χ1n) is 5.05. The Hall–Kier alpha value is -0.0800. The molecular formula is C10H19NO. The maximum absolute atomic E-state index is 10.3. The lowest BCUT2D eigenvalue weighted by Crippen LogP contribution is -2.56. The molecule has 0 aliphatic heterocycles. The van der Waals surface area contributed by atoms with Gasteiger partial charge in [0.05, 0.1) is 5.60 Å². The minimum Gasteiger partial charge on any atom is -0.389 e. The van der Waals surface area contributed by atoms with Gasteiger partial charge < -0.3 is 10.8 Å². The van der Waals surface area contributed by atoms with Crippen molar-refractivity contribution < 1.29 is 5.11 Å². The molecular weight excluding hydrogens is 150 g/mol. The van der Waals surface area contributed by atoms with Crippen LogP contribution in [0, 0.1) is 11.3 Å². The van der Waals surface area contributed by atoms with Gasteiger partial charge in [-0.1, -0.05) is 6.42 Å². The number of nitrogens with two attached hydrogens (primary N) is 1. The van der Waals surface area contributed by atoms with Crippen molar-refractivity contribution in [2.45, 2.75) is 44.6 Å². The Balaban J connectivity index is 2.13. The summed E-state index contributed by atoms with van der Waals surface area (Å²) in [6, 6.07) is 0. The average molecular weight is 169 g/mol. The molecule has 0 saturated heterocycles. The molecule has 2 rings (SSSR count). The molecule has 0 aromatic carbocycles. The molecule has 0 amide bonds. The van der Waals surface area contributed by atoms with E-state index in [2.05, 4.69) is 0 Å². The summed E-state index contributed by atoms with van der Waals surface area (Å²) in [4.78, 5) is 0. The molecule has 3 N–H and O–H groups in total. The second kappa shape index (κ2) is 2.46. The zero-order valence-electron chi connectivity index (χ0n) is 7.84. The fourth-order valence-electron chi connectivity index (χ4n) is 2.60. The van der Waals surface area contributed by atoms with Crippen LogP contribution in [0.2, 0.25) is 0 Å². The van der Waals surface area contributed by atoms with E-state index in [0.29, 0.717) is 12.5 Å². The van der Waals surface area contributed by atoms with Gasteiger partial charge in [0.25, 0.3) is 0 Å². The Morgan fingerprint density at radius 2 is 2.08 bits per heavy atom. The van der Waals surface area contributed by atoms with E-state index < -0.39 is 5.60 Å². The maximum Gasteiger partial charge on any atom is 0.0715 e. The van der Waals surface area contributed by atoms with E-state index in [1.165, 1.54) is 19.3 Å². The zero-order chi connectivity index (χ0) is 8.82. The summed E-state index contributed by atoms with van der Waals surface area (Å²) in [6.45, 7) is 2.66. The summed E-state index contributed by atoms with van der Waals surface area (Å²) < 4.78 is 0. The van der Waals surface area contributed by atoms with Crippen molar-refractivity contribution in [2.75, 3.05) is 6.54 Å². The van der Waals surface area contributed by atoms with Gasteiger partial charge in [-0.3, -0.25) is 0 Å². The minimum atomic E-state index is -0.472. The lowest BCUT2D eigenvalue weighted by molar-refractivity contribution is -0.124. The van der Waals surface area contributed by atoms with E-state index in [-0.39, 0.29) is 5.41 Å². The van der Waals surface area contributed by atoms with Crippen LogP contribution in [-0.4, -0.2) is 17.3 Å². The van der Waals surface area contributed by atoms with Gasteiger partial charge in [0, 0.05) is 12.0 Å². The average Bonchev–Trinajstić information content (AvgIpc) is 2.64. The summed E-state index contributed by atoms with van der Waals surface area (Å²) >= 11 is 0. The topological polar surface area (TPSA) is 46.2 Å². The van der Waals surface area contributed by atoms with Gasteiger partial charge in [-0.05, 0) is 38.5 Å². The highest BCUT2D eigenvalue weighted by atomic mass is 16.3. The van der Waals surface area contributed by atoms with E-state index in [1.54, 1.807) is 0 Å². The third-order valence-electron chi connectivity index (χ3n) is 4.15. The summed E-state index contributed by atoms with van der Waals surface area (Å²) in [7, 11) is 0. The predicted octanol–water partition coefficient (Wildman–Crippen LogP) is 1.28. The van der Waals surface area contributed by atoms with E-state index in [0.717, 1.165) is 12.8 Å². The number of hydrogen-bond acceptors (Lipinski definition) is 2. The molecule has 2 heteroatoms. The molecule has 2 aliphatic carbocycles. The first-order chi connectivity index (χ1) is 5.62. The van der Waals surface area contributed by atoms with Crippen molar-refractivity contribution in [1.82, 2.24) is 0 Å². The second-order valence-corrected chi connectivity index (χ2v) is 4.76. The quantitative estimate of drug-likeness (QED) is 0.668. The van der Waals surface area contributed by atoms with E-state index >= 15 is 0 Å². The maximum atomic E-state index is 10.3. The molecule has 0 radical (unpaired) electrons. The van der Waals surface area contributed by atoms with Crippen LogP contribution in [0.25, 0.3) is 0 Å². The molecule has 1 atom stereocenters. The first-order valence-corrected chi connectivity index (χ1v) is 5.05. The van der Waals surface area contributed by atoms with Crippen LogP contribution < -0.4 is 5.73 Å². The molecule has 0 bridgehead atoms. The van der Waals surface area contributed by atoms with Crippen molar-refractivity contribution in [2.24, 2.45) is 17.1 Å². The van der Waals surface area contributed by atoms with Crippen LogP contribution >= 0.6 is 0 Å². The monoisotopic (exact) mass is 169 g/mol. The Morgan fingerprint density at radius 1 is 1.50 bits per heavy atom. The fourth-order valence-corrected chi connectivity index (χ4v) is 2.60. The minimum absolute atomic E-state index is 0.0775. The Morgan fingerprint density at radius 3 is 2.33 bits per heavy atom. The lowest BCUT2D eigenvalue weighted by atomic mass is 9.57. The molecule has 12 heavy (non-hydrogen) atoms. The summed E-state index contributed by atoms with van der Waals surface area (Å²) in [5.74, 6) is 0.543. The zero-order valence-corrected chi connectivity index (χ0v) is 7.84. The first kappa shape index (κ1) is 8.52. The van der Waals surface area contributed by atoms with E-state index in [9.17, 15) is 5.11 Å². The van der Waals surface area contributed by atoms with Crippen LogP contribution in [-0.2, 0) is 0 Å². The lowest BCUT2D eigenvalue weighted by Gasteiger charge is -2.51. The van der Waals surface area contributed by atoms with E-state index in [1.807, 2.05) is 6.92 Å². The normalized spacial score (nSPS) is 32.2. The molecule has 0 heterocycles. The Bertz CT molecular complexity index is 175. The molecule has 1 unspecified atom stereocenters. The van der Waals surface area contributed by atoms with Gasteiger partial charge in [-0.25, -0.2) is 0 Å². The summed E-state index contributed by atoms with van der Waals surface area (Å²) in [6.07, 6.45) is 5.92. The van der Waals surface area contributed by atoms with E-state index in [4.69, 9.17) is 5.73 Å².